The van der Waals surface area contributed by atoms with Crippen LogP contribution in [0.2, 0.25) is 0 Å². The van der Waals surface area contributed by atoms with E-state index in [1.54, 1.807) is 6.20 Å². The zero-order valence-electron chi connectivity index (χ0n) is 14.1. The van der Waals surface area contributed by atoms with Gasteiger partial charge in [-0.2, -0.15) is 4.98 Å². The van der Waals surface area contributed by atoms with Gasteiger partial charge in [0.15, 0.2) is 5.82 Å². The molecular formula is C17H25N5O. The minimum absolute atomic E-state index is 0.108. The van der Waals surface area contributed by atoms with Crippen LogP contribution < -0.4 is 9.64 Å². The Hall–Kier alpha value is -2.11. The lowest BCUT2D eigenvalue weighted by atomic mass is 9.94. The zero-order valence-corrected chi connectivity index (χ0v) is 14.1. The van der Waals surface area contributed by atoms with Crippen molar-refractivity contribution in [3.8, 4) is 5.88 Å². The molecule has 0 amide bonds. The van der Waals surface area contributed by atoms with Gasteiger partial charge in [0.25, 0.3) is 0 Å². The minimum atomic E-state index is 0.108. The van der Waals surface area contributed by atoms with Crippen molar-refractivity contribution in [1.82, 2.24) is 19.5 Å². The molecule has 1 fully saturated rings. The fourth-order valence-corrected chi connectivity index (χ4v) is 3.08. The number of imidazole rings is 1. The Bertz CT molecular complexity index is 639. The number of rotatable bonds is 5. The molecule has 6 nitrogen and oxygen atoms in total. The number of hydrogen-bond acceptors (Lipinski definition) is 5. The van der Waals surface area contributed by atoms with Gasteiger partial charge in [0, 0.05) is 39.0 Å². The van der Waals surface area contributed by atoms with Crippen molar-refractivity contribution in [3.63, 3.8) is 0 Å². The van der Waals surface area contributed by atoms with Crippen LogP contribution in [-0.2, 0) is 13.5 Å². The molecule has 0 radical (unpaired) electrons. The quantitative estimate of drug-likeness (QED) is 0.848. The van der Waals surface area contributed by atoms with Crippen LogP contribution in [0.5, 0.6) is 5.88 Å². The number of hydrogen-bond donors (Lipinski definition) is 0. The van der Waals surface area contributed by atoms with Crippen LogP contribution in [0.25, 0.3) is 0 Å². The molecule has 0 saturated carbocycles. The van der Waals surface area contributed by atoms with Crippen molar-refractivity contribution < 1.29 is 4.74 Å². The Balaban J connectivity index is 1.67. The molecule has 1 saturated heterocycles. The second-order valence-electron chi connectivity index (χ2n) is 6.49. The van der Waals surface area contributed by atoms with E-state index in [0.717, 1.165) is 31.2 Å². The van der Waals surface area contributed by atoms with E-state index in [1.807, 2.05) is 32.4 Å². The molecule has 2 aromatic heterocycles. The van der Waals surface area contributed by atoms with Crippen molar-refractivity contribution in [2.75, 3.05) is 18.0 Å². The molecule has 2 aromatic rings. The van der Waals surface area contributed by atoms with Crippen molar-refractivity contribution in [3.05, 3.63) is 30.6 Å². The second kappa shape index (κ2) is 6.98. The van der Waals surface area contributed by atoms with E-state index in [9.17, 15) is 0 Å². The maximum atomic E-state index is 5.66. The van der Waals surface area contributed by atoms with Gasteiger partial charge in [-0.05, 0) is 32.6 Å². The first-order valence-corrected chi connectivity index (χ1v) is 8.31. The summed E-state index contributed by atoms with van der Waals surface area (Å²) >= 11 is 0. The Morgan fingerprint density at radius 3 is 2.96 bits per heavy atom. The van der Waals surface area contributed by atoms with Crippen molar-refractivity contribution in [2.45, 2.75) is 39.2 Å². The summed E-state index contributed by atoms with van der Waals surface area (Å²) in [7, 11) is 2.06. The van der Waals surface area contributed by atoms with Crippen molar-refractivity contribution >= 4 is 5.82 Å². The van der Waals surface area contributed by atoms with Crippen molar-refractivity contribution in [1.29, 1.82) is 0 Å². The van der Waals surface area contributed by atoms with Crippen LogP contribution in [0.4, 0.5) is 5.82 Å². The molecule has 1 unspecified atom stereocenters. The monoisotopic (exact) mass is 315 g/mol. The van der Waals surface area contributed by atoms with Crippen LogP contribution in [0, 0.1) is 5.92 Å². The highest BCUT2D eigenvalue weighted by Crippen LogP contribution is 2.24. The highest BCUT2D eigenvalue weighted by molar-refractivity contribution is 5.38. The summed E-state index contributed by atoms with van der Waals surface area (Å²) in [6.45, 7) is 6.01. The fourth-order valence-electron chi connectivity index (χ4n) is 3.08. The van der Waals surface area contributed by atoms with Gasteiger partial charge in [0.05, 0.1) is 18.5 Å². The van der Waals surface area contributed by atoms with Crippen LogP contribution in [0.3, 0.4) is 0 Å². The Labute approximate surface area is 137 Å². The largest absolute Gasteiger partial charge is 0.474 e. The molecule has 3 rings (SSSR count). The van der Waals surface area contributed by atoms with Gasteiger partial charge in [-0.25, -0.2) is 4.98 Å². The molecule has 1 atom stereocenters. The van der Waals surface area contributed by atoms with E-state index in [0.29, 0.717) is 11.8 Å². The number of aryl methyl sites for hydroxylation is 1. The summed E-state index contributed by atoms with van der Waals surface area (Å²) in [6, 6.07) is 0. The van der Waals surface area contributed by atoms with Gasteiger partial charge in [0.2, 0.25) is 5.88 Å². The topological polar surface area (TPSA) is 56.1 Å². The van der Waals surface area contributed by atoms with E-state index < -0.39 is 0 Å². The van der Waals surface area contributed by atoms with Crippen LogP contribution in [-0.4, -0.2) is 38.7 Å². The summed E-state index contributed by atoms with van der Waals surface area (Å²) in [5, 5.41) is 0. The van der Waals surface area contributed by atoms with Crippen LogP contribution in [0.15, 0.2) is 24.8 Å². The third-order valence-electron chi connectivity index (χ3n) is 4.19. The SMILES string of the molecule is CC(C)Oc1cncc(N2CCCC(Cc3nccn3C)C2)n1. The first-order chi connectivity index (χ1) is 11.1. The number of nitrogens with zero attached hydrogens (tertiary/aromatic N) is 5. The first kappa shape index (κ1) is 15.8. The lowest BCUT2D eigenvalue weighted by molar-refractivity contribution is 0.231. The molecule has 0 aliphatic carbocycles. The summed E-state index contributed by atoms with van der Waals surface area (Å²) in [4.78, 5) is 15.7. The van der Waals surface area contributed by atoms with E-state index in [1.165, 1.54) is 12.8 Å². The zero-order chi connectivity index (χ0) is 16.2. The molecule has 1 aliphatic rings. The predicted octanol–water partition coefficient (Wildman–Crippen LogP) is 2.46. The number of ether oxygens (including phenoxy) is 1. The second-order valence-corrected chi connectivity index (χ2v) is 6.49. The normalized spacial score (nSPS) is 18.4. The molecule has 6 heteroatoms. The number of anilines is 1. The molecule has 0 aromatic carbocycles. The standard InChI is InChI=1S/C17H25N5O/c1-13(2)23-17-11-18-10-16(20-17)22-7-4-5-14(12-22)9-15-19-6-8-21(15)3/h6,8,10-11,13-14H,4-5,7,9,12H2,1-3H3. The minimum Gasteiger partial charge on any atom is -0.474 e. The summed E-state index contributed by atoms with van der Waals surface area (Å²) in [5.41, 5.74) is 0. The number of aromatic nitrogens is 4. The lowest BCUT2D eigenvalue weighted by Crippen LogP contribution is -2.37. The Morgan fingerprint density at radius 1 is 1.35 bits per heavy atom. The van der Waals surface area contributed by atoms with E-state index in [-0.39, 0.29) is 6.10 Å². The Kier molecular flexibility index (Phi) is 4.79. The molecule has 1 aliphatic heterocycles. The highest BCUT2D eigenvalue weighted by atomic mass is 16.5. The molecule has 124 valence electrons. The number of piperidine rings is 1. The van der Waals surface area contributed by atoms with E-state index in [2.05, 4.69) is 31.5 Å². The first-order valence-electron chi connectivity index (χ1n) is 8.31. The van der Waals surface area contributed by atoms with Crippen LogP contribution in [0.1, 0.15) is 32.5 Å². The molecule has 0 spiro atoms. The molecule has 23 heavy (non-hydrogen) atoms. The summed E-state index contributed by atoms with van der Waals surface area (Å²) < 4.78 is 7.77. The van der Waals surface area contributed by atoms with Crippen molar-refractivity contribution in [2.24, 2.45) is 13.0 Å². The van der Waals surface area contributed by atoms with Gasteiger partial charge in [-0.3, -0.25) is 4.98 Å². The van der Waals surface area contributed by atoms with Gasteiger partial charge < -0.3 is 14.2 Å². The lowest BCUT2D eigenvalue weighted by Gasteiger charge is -2.33. The predicted molar refractivity (Wildman–Crippen MR) is 89.6 cm³/mol. The van der Waals surface area contributed by atoms with Gasteiger partial charge in [-0.15, -0.1) is 0 Å². The summed E-state index contributed by atoms with van der Waals surface area (Å²) in [6.07, 6.45) is 10.9. The molecule has 0 bridgehead atoms. The third kappa shape index (κ3) is 4.00. The summed E-state index contributed by atoms with van der Waals surface area (Å²) in [5.74, 6) is 3.26. The average Bonchev–Trinajstić information content (AvgIpc) is 2.92. The average molecular weight is 315 g/mol. The smallest absolute Gasteiger partial charge is 0.234 e. The molecule has 3 heterocycles. The maximum absolute atomic E-state index is 5.66. The highest BCUT2D eigenvalue weighted by Gasteiger charge is 2.23. The van der Waals surface area contributed by atoms with E-state index >= 15 is 0 Å². The van der Waals surface area contributed by atoms with Gasteiger partial charge in [0.1, 0.15) is 5.82 Å². The Morgan fingerprint density at radius 2 is 2.22 bits per heavy atom. The van der Waals surface area contributed by atoms with Gasteiger partial charge >= 0.3 is 0 Å². The van der Waals surface area contributed by atoms with E-state index in [4.69, 9.17) is 4.74 Å². The molecule has 0 N–H and O–H groups in total. The van der Waals surface area contributed by atoms with Gasteiger partial charge in [-0.1, -0.05) is 0 Å². The maximum Gasteiger partial charge on any atom is 0.234 e. The third-order valence-corrected chi connectivity index (χ3v) is 4.19. The van der Waals surface area contributed by atoms with Crippen LogP contribution >= 0.6 is 0 Å². The fraction of sp³-hybridized carbons (Fsp3) is 0.588. The molecular weight excluding hydrogens is 290 g/mol.